The molecule has 3 rings (SSSR count). The molecule has 0 aliphatic heterocycles. The fourth-order valence-corrected chi connectivity index (χ4v) is 3.17. The van der Waals surface area contributed by atoms with E-state index in [9.17, 15) is 9.90 Å². The molecule has 1 aliphatic rings. The molecule has 0 heterocycles. The number of amides is 1. The second-order valence-corrected chi connectivity index (χ2v) is 6.39. The Balaban J connectivity index is 1.67. The minimum Gasteiger partial charge on any atom is -0.483 e. The molecule has 4 nitrogen and oxygen atoms in total. The van der Waals surface area contributed by atoms with E-state index >= 15 is 0 Å². The van der Waals surface area contributed by atoms with Crippen molar-refractivity contribution in [2.24, 2.45) is 0 Å². The second kappa shape index (κ2) is 7.24. The first-order valence-corrected chi connectivity index (χ1v) is 8.41. The van der Waals surface area contributed by atoms with Gasteiger partial charge in [0.05, 0.1) is 6.10 Å². The smallest absolute Gasteiger partial charge is 0.262 e. The number of anilines is 1. The molecule has 2 aromatic carbocycles. The van der Waals surface area contributed by atoms with Gasteiger partial charge in [-0.15, -0.1) is 0 Å². The highest BCUT2D eigenvalue weighted by Crippen LogP contribution is 2.35. The summed E-state index contributed by atoms with van der Waals surface area (Å²) in [5.74, 6) is 0.429. The van der Waals surface area contributed by atoms with Crippen molar-refractivity contribution in [3.63, 3.8) is 0 Å². The molecule has 24 heavy (non-hydrogen) atoms. The Bertz CT molecular complexity index is 760. The van der Waals surface area contributed by atoms with Gasteiger partial charge >= 0.3 is 0 Å². The average Bonchev–Trinajstić information content (AvgIpc) is 2.58. The number of nitrogens with one attached hydrogen (secondary N) is 1. The molecular weight excluding hydrogens is 326 g/mol. The first-order chi connectivity index (χ1) is 11.6. The van der Waals surface area contributed by atoms with Gasteiger partial charge in [-0.3, -0.25) is 4.79 Å². The van der Waals surface area contributed by atoms with Gasteiger partial charge in [-0.1, -0.05) is 29.8 Å². The van der Waals surface area contributed by atoms with Crippen LogP contribution in [-0.2, 0) is 11.2 Å². The van der Waals surface area contributed by atoms with Crippen LogP contribution >= 0.6 is 11.6 Å². The molecule has 5 heteroatoms. The number of halogens is 1. The number of hydrogen-bond donors (Lipinski definition) is 2. The van der Waals surface area contributed by atoms with E-state index in [1.165, 1.54) is 0 Å². The Morgan fingerprint density at radius 1 is 1.33 bits per heavy atom. The molecule has 2 N–H and O–H groups in total. The van der Waals surface area contributed by atoms with Gasteiger partial charge in [-0.05, 0) is 61.1 Å². The number of hydrogen-bond acceptors (Lipinski definition) is 3. The van der Waals surface area contributed by atoms with Gasteiger partial charge in [-0.2, -0.15) is 0 Å². The van der Waals surface area contributed by atoms with Crippen molar-refractivity contribution in [1.82, 2.24) is 0 Å². The Labute approximate surface area is 146 Å². The lowest BCUT2D eigenvalue weighted by atomic mass is 9.89. The Morgan fingerprint density at radius 3 is 2.96 bits per heavy atom. The third-order valence-corrected chi connectivity index (χ3v) is 4.74. The summed E-state index contributed by atoms with van der Waals surface area (Å²) >= 11 is 6.06. The van der Waals surface area contributed by atoms with Crippen LogP contribution < -0.4 is 10.1 Å². The van der Waals surface area contributed by atoms with E-state index in [2.05, 4.69) is 5.32 Å². The normalized spacial score (nSPS) is 16.4. The van der Waals surface area contributed by atoms with E-state index in [0.29, 0.717) is 16.5 Å². The second-order valence-electron chi connectivity index (χ2n) is 5.98. The zero-order valence-corrected chi connectivity index (χ0v) is 14.3. The lowest BCUT2D eigenvalue weighted by molar-refractivity contribution is -0.118. The van der Waals surface area contributed by atoms with Crippen LogP contribution in [-0.4, -0.2) is 17.6 Å². The van der Waals surface area contributed by atoms with Gasteiger partial charge in [-0.25, -0.2) is 0 Å². The largest absolute Gasteiger partial charge is 0.483 e. The maximum absolute atomic E-state index is 12.2. The topological polar surface area (TPSA) is 58.6 Å². The van der Waals surface area contributed by atoms with Crippen LogP contribution in [0, 0.1) is 6.92 Å². The molecule has 1 aliphatic carbocycles. The minimum absolute atomic E-state index is 0.0848. The highest BCUT2D eigenvalue weighted by atomic mass is 35.5. The van der Waals surface area contributed by atoms with E-state index in [0.717, 1.165) is 36.0 Å². The van der Waals surface area contributed by atoms with E-state index < -0.39 is 6.10 Å². The molecular formula is C19H20ClNO3. The maximum Gasteiger partial charge on any atom is 0.262 e. The molecule has 0 aromatic heterocycles. The van der Waals surface area contributed by atoms with E-state index in [4.69, 9.17) is 16.3 Å². The summed E-state index contributed by atoms with van der Waals surface area (Å²) in [7, 11) is 0. The quantitative estimate of drug-likeness (QED) is 0.879. The molecule has 0 saturated carbocycles. The summed E-state index contributed by atoms with van der Waals surface area (Å²) in [4.78, 5) is 12.2. The monoisotopic (exact) mass is 345 g/mol. The zero-order chi connectivity index (χ0) is 17.1. The number of aliphatic hydroxyl groups excluding tert-OH is 1. The third-order valence-electron chi connectivity index (χ3n) is 4.33. The van der Waals surface area contributed by atoms with Crippen molar-refractivity contribution in [3.05, 3.63) is 58.1 Å². The summed E-state index contributed by atoms with van der Waals surface area (Å²) in [6.07, 6.45) is 2.10. The standard InChI is InChI=1S/C19H20ClNO3/c1-12-15(20)7-4-8-16(12)21-19(23)11-24-18-10-3-5-13-14(18)6-2-9-17(13)22/h3-5,7-8,10,17,22H,2,6,9,11H2,1H3,(H,21,23)/t17-/m1/s1. The summed E-state index contributed by atoms with van der Waals surface area (Å²) in [5.41, 5.74) is 3.42. The van der Waals surface area contributed by atoms with E-state index in [1.54, 1.807) is 18.2 Å². The number of rotatable bonds is 4. The van der Waals surface area contributed by atoms with Crippen LogP contribution in [0.5, 0.6) is 5.75 Å². The summed E-state index contributed by atoms with van der Waals surface area (Å²) in [6, 6.07) is 11.0. The van der Waals surface area contributed by atoms with E-state index in [-0.39, 0.29) is 12.5 Å². The number of ether oxygens (including phenoxy) is 1. The predicted molar refractivity (Wildman–Crippen MR) is 94.7 cm³/mol. The predicted octanol–water partition coefficient (Wildman–Crippen LogP) is 4.04. The van der Waals surface area contributed by atoms with Crippen LogP contribution in [0.1, 0.15) is 35.6 Å². The minimum atomic E-state index is -0.444. The van der Waals surface area contributed by atoms with Crippen LogP contribution in [0.3, 0.4) is 0 Å². The summed E-state index contributed by atoms with van der Waals surface area (Å²) < 4.78 is 5.70. The molecule has 1 amide bonds. The number of benzene rings is 2. The Morgan fingerprint density at radius 2 is 2.12 bits per heavy atom. The van der Waals surface area contributed by atoms with Crippen molar-refractivity contribution in [1.29, 1.82) is 0 Å². The summed E-state index contributed by atoms with van der Waals surface area (Å²) in [6.45, 7) is 1.77. The van der Waals surface area contributed by atoms with Crippen LogP contribution in [0.25, 0.3) is 0 Å². The first-order valence-electron chi connectivity index (χ1n) is 8.04. The molecule has 126 valence electrons. The van der Waals surface area contributed by atoms with Gasteiger partial charge in [0.1, 0.15) is 5.75 Å². The lowest BCUT2D eigenvalue weighted by Crippen LogP contribution is -2.21. The third kappa shape index (κ3) is 3.55. The maximum atomic E-state index is 12.2. The lowest BCUT2D eigenvalue weighted by Gasteiger charge is -2.23. The number of aliphatic hydroxyl groups is 1. The molecule has 2 aromatic rings. The molecule has 0 spiro atoms. The van der Waals surface area contributed by atoms with Crippen molar-refractivity contribution in [3.8, 4) is 5.75 Å². The van der Waals surface area contributed by atoms with Crippen molar-refractivity contribution >= 4 is 23.2 Å². The zero-order valence-electron chi connectivity index (χ0n) is 13.5. The number of carbonyl (C=O) groups excluding carboxylic acids is 1. The van der Waals surface area contributed by atoms with Crippen LogP contribution in [0.2, 0.25) is 5.02 Å². The van der Waals surface area contributed by atoms with E-state index in [1.807, 2.05) is 25.1 Å². The van der Waals surface area contributed by atoms with Gasteiger partial charge < -0.3 is 15.2 Å². The van der Waals surface area contributed by atoms with Gasteiger partial charge in [0.2, 0.25) is 0 Å². The fraction of sp³-hybridized carbons (Fsp3) is 0.316. The summed E-state index contributed by atoms with van der Waals surface area (Å²) in [5, 5.41) is 13.5. The van der Waals surface area contributed by atoms with Gasteiger partial charge in [0, 0.05) is 10.7 Å². The molecule has 0 unspecified atom stereocenters. The van der Waals surface area contributed by atoms with Crippen LogP contribution in [0.4, 0.5) is 5.69 Å². The molecule has 0 bridgehead atoms. The highest BCUT2D eigenvalue weighted by Gasteiger charge is 2.21. The van der Waals surface area contributed by atoms with Gasteiger partial charge in [0.25, 0.3) is 5.91 Å². The SMILES string of the molecule is Cc1c(Cl)cccc1NC(=O)COc1cccc2c1CCC[C@H]2O. The number of fused-ring (bicyclic) bond motifs is 1. The molecule has 1 atom stereocenters. The molecule has 0 fully saturated rings. The molecule has 0 saturated heterocycles. The van der Waals surface area contributed by atoms with Crippen molar-refractivity contribution in [2.75, 3.05) is 11.9 Å². The Hall–Kier alpha value is -2.04. The fourth-order valence-electron chi connectivity index (χ4n) is 3.00. The van der Waals surface area contributed by atoms with Crippen molar-refractivity contribution < 1.29 is 14.6 Å². The first kappa shape index (κ1) is 16.8. The number of carbonyl (C=O) groups is 1. The van der Waals surface area contributed by atoms with Crippen molar-refractivity contribution in [2.45, 2.75) is 32.3 Å². The van der Waals surface area contributed by atoms with Crippen LogP contribution in [0.15, 0.2) is 36.4 Å². The Kier molecular flexibility index (Phi) is 5.07. The van der Waals surface area contributed by atoms with Gasteiger partial charge in [0.15, 0.2) is 6.61 Å². The molecule has 0 radical (unpaired) electrons. The average molecular weight is 346 g/mol. The highest BCUT2D eigenvalue weighted by molar-refractivity contribution is 6.31.